The molecule has 0 N–H and O–H groups in total. The third kappa shape index (κ3) is 14.1. The van der Waals surface area contributed by atoms with Gasteiger partial charge in [0.1, 0.15) is 0 Å². The quantitative estimate of drug-likeness (QED) is 0.544. The van der Waals surface area contributed by atoms with Gasteiger partial charge >= 0.3 is 0 Å². The minimum atomic E-state index is -0.101. The van der Waals surface area contributed by atoms with Crippen LogP contribution in [0.2, 0.25) is 0 Å². The molecule has 0 radical (unpaired) electrons. The summed E-state index contributed by atoms with van der Waals surface area (Å²) >= 11 is 0. The Morgan fingerprint density at radius 2 is 1.16 bits per heavy atom. The van der Waals surface area contributed by atoms with Crippen molar-refractivity contribution < 1.29 is 18.9 Å². The predicted octanol–water partition coefficient (Wildman–Crippen LogP) is 2.90. The van der Waals surface area contributed by atoms with Crippen LogP contribution in [-0.2, 0) is 18.9 Å². The van der Waals surface area contributed by atoms with Gasteiger partial charge in [-0.1, -0.05) is 20.8 Å². The standard InChI is InChI=1S/C15H32O4/c1-14(2,3)13-15(4,5)19-12-11-18-10-9-17-8-7-16-6/h7-13H2,1-6H3. The van der Waals surface area contributed by atoms with E-state index < -0.39 is 0 Å². The molecule has 0 aliphatic heterocycles. The van der Waals surface area contributed by atoms with E-state index in [-0.39, 0.29) is 11.0 Å². The van der Waals surface area contributed by atoms with Crippen LogP contribution in [0.5, 0.6) is 0 Å². The lowest BCUT2D eigenvalue weighted by molar-refractivity contribution is -0.0698. The first-order valence-corrected chi connectivity index (χ1v) is 7.05. The lowest BCUT2D eigenvalue weighted by Crippen LogP contribution is -2.31. The molecule has 0 saturated carbocycles. The summed E-state index contributed by atoms with van der Waals surface area (Å²) in [5.41, 5.74) is 0.177. The molecule has 0 amide bonds. The molecule has 116 valence electrons. The van der Waals surface area contributed by atoms with E-state index in [1.54, 1.807) is 7.11 Å². The number of hydrogen-bond acceptors (Lipinski definition) is 4. The van der Waals surface area contributed by atoms with Crippen molar-refractivity contribution >= 4 is 0 Å². The van der Waals surface area contributed by atoms with Crippen molar-refractivity contribution in [1.29, 1.82) is 0 Å². The second kappa shape index (κ2) is 9.70. The molecule has 19 heavy (non-hydrogen) atoms. The molecule has 0 rings (SSSR count). The maximum absolute atomic E-state index is 5.86. The van der Waals surface area contributed by atoms with Gasteiger partial charge in [-0.25, -0.2) is 0 Å². The van der Waals surface area contributed by atoms with Crippen LogP contribution in [0, 0.1) is 5.41 Å². The fourth-order valence-electron chi connectivity index (χ4n) is 2.17. The summed E-state index contributed by atoms with van der Waals surface area (Å²) in [6.45, 7) is 14.6. The van der Waals surface area contributed by atoms with Gasteiger partial charge in [0.25, 0.3) is 0 Å². The summed E-state index contributed by atoms with van der Waals surface area (Å²) < 4.78 is 21.5. The highest BCUT2D eigenvalue weighted by Crippen LogP contribution is 2.29. The second-order valence-electron chi connectivity index (χ2n) is 6.56. The molecule has 0 aliphatic carbocycles. The molecule has 0 aromatic heterocycles. The third-order valence-corrected chi connectivity index (χ3v) is 2.48. The van der Waals surface area contributed by atoms with Crippen molar-refractivity contribution in [2.24, 2.45) is 5.41 Å². The maximum Gasteiger partial charge on any atom is 0.0707 e. The lowest BCUT2D eigenvalue weighted by atomic mass is 9.84. The van der Waals surface area contributed by atoms with E-state index in [9.17, 15) is 0 Å². The van der Waals surface area contributed by atoms with E-state index in [1.807, 2.05) is 0 Å². The predicted molar refractivity (Wildman–Crippen MR) is 77.6 cm³/mol. The van der Waals surface area contributed by atoms with Crippen LogP contribution < -0.4 is 0 Å². The minimum absolute atomic E-state index is 0.101. The Kier molecular flexibility index (Phi) is 9.62. The average molecular weight is 276 g/mol. The molecule has 0 unspecified atom stereocenters. The molecular weight excluding hydrogens is 244 g/mol. The van der Waals surface area contributed by atoms with Gasteiger partial charge in [0.05, 0.1) is 45.2 Å². The van der Waals surface area contributed by atoms with Crippen LogP contribution in [0.4, 0.5) is 0 Å². The van der Waals surface area contributed by atoms with E-state index in [1.165, 1.54) is 0 Å². The monoisotopic (exact) mass is 276 g/mol. The van der Waals surface area contributed by atoms with Gasteiger partial charge in [-0.15, -0.1) is 0 Å². The SMILES string of the molecule is COCCOCCOCCOC(C)(C)CC(C)(C)C. The molecule has 0 aromatic rings. The number of rotatable bonds is 11. The molecular formula is C15H32O4. The van der Waals surface area contributed by atoms with Crippen molar-refractivity contribution in [1.82, 2.24) is 0 Å². The van der Waals surface area contributed by atoms with Crippen molar-refractivity contribution in [2.75, 3.05) is 46.8 Å². The first-order chi connectivity index (χ1) is 8.77. The van der Waals surface area contributed by atoms with E-state index in [2.05, 4.69) is 34.6 Å². The summed E-state index contributed by atoms with van der Waals surface area (Å²) in [7, 11) is 1.66. The second-order valence-corrected chi connectivity index (χ2v) is 6.56. The van der Waals surface area contributed by atoms with Crippen LogP contribution in [0.15, 0.2) is 0 Å². The van der Waals surface area contributed by atoms with Gasteiger partial charge in [-0.05, 0) is 25.7 Å². The zero-order chi connectivity index (χ0) is 14.8. The first-order valence-electron chi connectivity index (χ1n) is 7.05. The molecule has 4 nitrogen and oxygen atoms in total. The van der Waals surface area contributed by atoms with E-state index in [0.29, 0.717) is 39.6 Å². The summed E-state index contributed by atoms with van der Waals surface area (Å²) in [5.74, 6) is 0. The zero-order valence-electron chi connectivity index (χ0n) is 13.6. The van der Waals surface area contributed by atoms with Crippen molar-refractivity contribution in [3.63, 3.8) is 0 Å². The molecule has 0 bridgehead atoms. The fourth-order valence-corrected chi connectivity index (χ4v) is 2.17. The van der Waals surface area contributed by atoms with Crippen molar-refractivity contribution in [2.45, 2.75) is 46.6 Å². The third-order valence-electron chi connectivity index (χ3n) is 2.48. The van der Waals surface area contributed by atoms with Gasteiger partial charge in [0, 0.05) is 7.11 Å². The number of ether oxygens (including phenoxy) is 4. The Balaban J connectivity index is 3.43. The summed E-state index contributed by atoms with van der Waals surface area (Å²) in [6, 6.07) is 0. The van der Waals surface area contributed by atoms with Gasteiger partial charge in [0.15, 0.2) is 0 Å². The van der Waals surface area contributed by atoms with Crippen LogP contribution in [-0.4, -0.2) is 52.4 Å². The molecule has 4 heteroatoms. The van der Waals surface area contributed by atoms with E-state index in [4.69, 9.17) is 18.9 Å². The smallest absolute Gasteiger partial charge is 0.0707 e. The van der Waals surface area contributed by atoms with Crippen LogP contribution in [0.3, 0.4) is 0 Å². The van der Waals surface area contributed by atoms with Gasteiger partial charge in [0.2, 0.25) is 0 Å². The topological polar surface area (TPSA) is 36.9 Å². The van der Waals surface area contributed by atoms with Crippen molar-refractivity contribution in [3.05, 3.63) is 0 Å². The molecule has 0 fully saturated rings. The molecule has 0 heterocycles. The number of hydrogen-bond donors (Lipinski definition) is 0. The van der Waals surface area contributed by atoms with Gasteiger partial charge in [-0.3, -0.25) is 0 Å². The Morgan fingerprint density at radius 1 is 0.684 bits per heavy atom. The largest absolute Gasteiger partial charge is 0.382 e. The van der Waals surface area contributed by atoms with E-state index in [0.717, 1.165) is 6.42 Å². The normalized spacial score (nSPS) is 12.9. The van der Waals surface area contributed by atoms with Crippen LogP contribution >= 0.6 is 0 Å². The van der Waals surface area contributed by atoms with Crippen LogP contribution in [0.1, 0.15) is 41.0 Å². The molecule has 0 aliphatic rings. The number of methoxy groups -OCH3 is 1. The highest BCUT2D eigenvalue weighted by Gasteiger charge is 2.25. The highest BCUT2D eigenvalue weighted by atomic mass is 16.6. The summed E-state index contributed by atoms with van der Waals surface area (Å²) in [5, 5.41) is 0. The summed E-state index contributed by atoms with van der Waals surface area (Å²) in [4.78, 5) is 0. The molecule has 0 atom stereocenters. The Labute approximate surface area is 118 Å². The average Bonchev–Trinajstić information content (AvgIpc) is 2.23. The van der Waals surface area contributed by atoms with E-state index >= 15 is 0 Å². The maximum atomic E-state index is 5.86. The molecule has 0 spiro atoms. The highest BCUT2D eigenvalue weighted by molar-refractivity contribution is 4.76. The first kappa shape index (κ1) is 18.8. The van der Waals surface area contributed by atoms with Crippen molar-refractivity contribution in [3.8, 4) is 0 Å². The lowest BCUT2D eigenvalue weighted by Gasteiger charge is -2.32. The minimum Gasteiger partial charge on any atom is -0.382 e. The molecule has 0 aromatic carbocycles. The van der Waals surface area contributed by atoms with Gasteiger partial charge in [-0.2, -0.15) is 0 Å². The molecule has 0 saturated heterocycles. The van der Waals surface area contributed by atoms with Crippen LogP contribution in [0.25, 0.3) is 0 Å². The Bertz CT molecular complexity index is 209. The fraction of sp³-hybridized carbons (Fsp3) is 1.00. The zero-order valence-corrected chi connectivity index (χ0v) is 13.6. The Morgan fingerprint density at radius 3 is 1.63 bits per heavy atom. The van der Waals surface area contributed by atoms with Gasteiger partial charge < -0.3 is 18.9 Å². The Hall–Kier alpha value is -0.160. The summed E-state index contributed by atoms with van der Waals surface area (Å²) in [6.07, 6.45) is 1.03.